The third-order valence-corrected chi connectivity index (χ3v) is 14.5. The molecular formula is C33H39I6N5O14. The summed E-state index contributed by atoms with van der Waals surface area (Å²) in [5.74, 6) is -4.68. The minimum atomic E-state index is -1.61. The van der Waals surface area contributed by atoms with Crippen LogP contribution in [0.25, 0.3) is 0 Å². The van der Waals surface area contributed by atoms with Crippen molar-refractivity contribution in [3.05, 3.63) is 43.7 Å². The minimum Gasteiger partial charge on any atom is -0.394 e. The molecule has 0 fully saturated rings. The average molecular weight is 1490 g/mol. The minimum absolute atomic E-state index is 0.0211. The summed E-state index contributed by atoms with van der Waals surface area (Å²) in [5.41, 5.74) is -0.684. The van der Waals surface area contributed by atoms with Crippen LogP contribution in [0, 0.1) is 21.4 Å². The van der Waals surface area contributed by atoms with Gasteiger partial charge >= 0.3 is 0 Å². The first-order valence-electron chi connectivity index (χ1n) is 16.7. The van der Waals surface area contributed by atoms with Gasteiger partial charge in [-0.1, -0.05) is 6.92 Å². The number of hydrogen-bond donors (Lipinski definition) is 12. The Morgan fingerprint density at radius 2 is 1.03 bits per heavy atom. The molecule has 12 N–H and O–H groups in total. The smallest absolute Gasteiger partial charge is 0.253 e. The highest BCUT2D eigenvalue weighted by atomic mass is 127. The second-order valence-electron chi connectivity index (χ2n) is 12.1. The summed E-state index contributed by atoms with van der Waals surface area (Å²) in [4.78, 5) is 83.3. The molecule has 5 amide bonds. The van der Waals surface area contributed by atoms with Crippen LogP contribution < -0.4 is 26.2 Å². The number of carbonyl (C=O) groups is 6. The van der Waals surface area contributed by atoms with Crippen LogP contribution in [-0.4, -0.2) is 153 Å². The van der Waals surface area contributed by atoms with Crippen molar-refractivity contribution in [1.82, 2.24) is 16.0 Å². The molecule has 2 aromatic rings. The van der Waals surface area contributed by atoms with E-state index in [0.717, 1.165) is 4.90 Å². The lowest BCUT2D eigenvalue weighted by Gasteiger charge is -2.29. The van der Waals surface area contributed by atoms with E-state index in [2.05, 4.69) is 21.3 Å². The van der Waals surface area contributed by atoms with Gasteiger partial charge in [0.25, 0.3) is 17.7 Å². The molecule has 5 atom stereocenters. The summed E-state index contributed by atoms with van der Waals surface area (Å²) in [6, 6.07) is -2.78. The Labute approximate surface area is 413 Å². The Hall–Kier alpha value is -0.480. The number of aliphatic hydroxyl groups excluding tert-OH is 8. The van der Waals surface area contributed by atoms with Gasteiger partial charge in [0.2, 0.25) is 11.8 Å². The highest BCUT2D eigenvalue weighted by Crippen LogP contribution is 2.40. The lowest BCUT2D eigenvalue weighted by Crippen LogP contribution is -2.49. The van der Waals surface area contributed by atoms with E-state index in [1.165, 1.54) is 13.8 Å². The van der Waals surface area contributed by atoms with Gasteiger partial charge in [-0.2, -0.15) is 0 Å². The summed E-state index contributed by atoms with van der Waals surface area (Å²) in [7, 11) is 0. The number of aliphatic hydroxyl groups is 8. The van der Waals surface area contributed by atoms with E-state index < -0.39 is 105 Å². The molecule has 0 bridgehead atoms. The number of benzene rings is 2. The van der Waals surface area contributed by atoms with Gasteiger partial charge in [-0.25, -0.2) is 0 Å². The molecule has 0 spiro atoms. The zero-order chi connectivity index (χ0) is 44.3. The van der Waals surface area contributed by atoms with Crippen molar-refractivity contribution in [2.75, 3.05) is 56.3 Å². The second-order valence-corrected chi connectivity index (χ2v) is 18.6. The molecule has 58 heavy (non-hydrogen) atoms. The van der Waals surface area contributed by atoms with Gasteiger partial charge in [0.1, 0.15) is 0 Å². The van der Waals surface area contributed by atoms with Crippen LogP contribution in [0.5, 0.6) is 0 Å². The molecule has 19 nitrogen and oxygen atoms in total. The van der Waals surface area contributed by atoms with Gasteiger partial charge < -0.3 is 67.0 Å². The number of hydrogen-bond acceptors (Lipinski definition) is 14. The van der Waals surface area contributed by atoms with Crippen molar-refractivity contribution < 1.29 is 69.6 Å². The van der Waals surface area contributed by atoms with Gasteiger partial charge in [0.15, 0.2) is 5.78 Å². The average Bonchev–Trinajstić information content (AvgIpc) is 3.17. The topological polar surface area (TPSA) is 316 Å². The van der Waals surface area contributed by atoms with Crippen LogP contribution in [0.2, 0.25) is 0 Å². The number of nitrogens with zero attached hydrogens (tertiary/aromatic N) is 1. The number of rotatable bonds is 20. The molecule has 0 saturated heterocycles. The Morgan fingerprint density at radius 3 is 1.43 bits per heavy atom. The predicted octanol–water partition coefficient (Wildman–Crippen LogP) is -0.131. The van der Waals surface area contributed by atoms with Crippen molar-refractivity contribution in [3.63, 3.8) is 0 Å². The molecule has 0 radical (unpaired) electrons. The Bertz CT molecular complexity index is 1850. The standard InChI is InChI=1S/C33H39I6N5O14/c1-3-18(55)44(5-15(52)19-23(34)20(31(56)40-4-12(51)6-45)26(37)29(25(19)36)41-11(2)50)30-27(38)21(32(57)42-13(7-46)16(53)9-48)24(35)22(28(30)39)33(58)43-14(8-47)17(54)10-49/h12-14,16-17,45-49,51,53-54H,3-10H2,1-2H3,(H,40,56)(H,41,50)(H,42,57)(H,43,58). The molecule has 322 valence electrons. The van der Waals surface area contributed by atoms with Crippen molar-refractivity contribution in [2.45, 2.75) is 50.7 Å². The third kappa shape index (κ3) is 13.0. The van der Waals surface area contributed by atoms with Crippen LogP contribution in [0.1, 0.15) is 61.7 Å². The van der Waals surface area contributed by atoms with E-state index in [0.29, 0.717) is 0 Å². The highest BCUT2D eigenvalue weighted by molar-refractivity contribution is 14.1. The second kappa shape index (κ2) is 25.0. The number of ketones is 1. The molecule has 0 heterocycles. The first-order chi connectivity index (χ1) is 27.2. The lowest BCUT2D eigenvalue weighted by atomic mass is 10.0. The molecular weight excluding hydrogens is 1450 g/mol. The fourth-order valence-electron chi connectivity index (χ4n) is 5.01. The van der Waals surface area contributed by atoms with E-state index in [4.69, 9.17) is 0 Å². The Morgan fingerprint density at radius 1 is 0.603 bits per heavy atom. The van der Waals surface area contributed by atoms with Crippen molar-refractivity contribution in [1.29, 1.82) is 0 Å². The van der Waals surface area contributed by atoms with Gasteiger partial charge in [-0.3, -0.25) is 28.8 Å². The molecule has 0 aromatic heterocycles. The molecule has 2 rings (SSSR count). The fraction of sp³-hybridized carbons (Fsp3) is 0.455. The van der Waals surface area contributed by atoms with E-state index in [1.807, 2.05) is 45.2 Å². The van der Waals surface area contributed by atoms with Crippen LogP contribution in [0.4, 0.5) is 11.4 Å². The number of amides is 5. The van der Waals surface area contributed by atoms with Crippen molar-refractivity contribution in [2.24, 2.45) is 0 Å². The molecule has 0 aliphatic heterocycles. The first kappa shape index (κ1) is 53.7. The molecule has 2 aromatic carbocycles. The maximum Gasteiger partial charge on any atom is 0.253 e. The normalized spacial score (nSPS) is 13.8. The summed E-state index contributed by atoms with van der Waals surface area (Å²) in [6.07, 6.45) is -4.72. The molecule has 0 aliphatic rings. The fourth-order valence-corrected chi connectivity index (χ4v) is 14.3. The largest absolute Gasteiger partial charge is 0.394 e. The van der Waals surface area contributed by atoms with E-state index in [-0.39, 0.29) is 68.0 Å². The number of halogens is 6. The predicted molar refractivity (Wildman–Crippen MR) is 259 cm³/mol. The summed E-state index contributed by atoms with van der Waals surface area (Å²) < 4.78 is 0.552. The van der Waals surface area contributed by atoms with Crippen LogP contribution in [-0.2, 0) is 9.59 Å². The zero-order valence-corrected chi connectivity index (χ0v) is 43.2. The van der Waals surface area contributed by atoms with Crippen LogP contribution in [0.15, 0.2) is 0 Å². The number of carbonyl (C=O) groups excluding carboxylic acids is 6. The lowest BCUT2D eigenvalue weighted by molar-refractivity contribution is -0.118. The Kier molecular flexibility index (Phi) is 23.1. The van der Waals surface area contributed by atoms with E-state index in [1.54, 1.807) is 90.4 Å². The number of anilines is 2. The monoisotopic (exact) mass is 1490 g/mol. The maximum absolute atomic E-state index is 14.6. The van der Waals surface area contributed by atoms with Gasteiger partial charge in [-0.15, -0.1) is 0 Å². The Balaban J connectivity index is 3.02. The van der Waals surface area contributed by atoms with Gasteiger partial charge in [0, 0.05) is 36.2 Å². The molecule has 25 heteroatoms. The first-order valence-corrected chi connectivity index (χ1v) is 23.2. The molecule has 0 saturated carbocycles. The molecule has 0 aliphatic carbocycles. The highest BCUT2D eigenvalue weighted by Gasteiger charge is 2.36. The van der Waals surface area contributed by atoms with E-state index >= 15 is 0 Å². The summed E-state index contributed by atoms with van der Waals surface area (Å²) >= 11 is 10.6. The summed E-state index contributed by atoms with van der Waals surface area (Å²) in [6.45, 7) is -2.35. The van der Waals surface area contributed by atoms with Gasteiger partial charge in [0.05, 0.1) is 109 Å². The summed E-state index contributed by atoms with van der Waals surface area (Å²) in [5, 5.41) is 88.2. The maximum atomic E-state index is 14.6. The number of nitrogens with one attached hydrogen (secondary N) is 4. The zero-order valence-electron chi connectivity index (χ0n) is 30.3. The molecule has 5 unspecified atom stereocenters. The quantitative estimate of drug-likeness (QED) is 0.0608. The van der Waals surface area contributed by atoms with Crippen molar-refractivity contribution >= 4 is 182 Å². The van der Waals surface area contributed by atoms with E-state index in [9.17, 15) is 69.6 Å². The van der Waals surface area contributed by atoms with Crippen LogP contribution >= 0.6 is 136 Å². The van der Waals surface area contributed by atoms with Crippen LogP contribution in [0.3, 0.4) is 0 Å². The SMILES string of the molecule is CCC(=O)N(CC(=O)c1c(I)c(NC(C)=O)c(I)c(C(=O)NCC(O)CO)c1I)c1c(I)c(C(=O)NC(CO)C(O)CO)c(I)c(C(=O)NC(CO)C(O)CO)c1I. The third-order valence-electron chi connectivity index (χ3n) is 8.09. The number of Topliss-reactive ketones (excluding diaryl/α,β-unsaturated/α-hetero) is 1. The van der Waals surface area contributed by atoms with Gasteiger partial charge in [-0.05, 0) is 136 Å². The van der Waals surface area contributed by atoms with Crippen molar-refractivity contribution in [3.8, 4) is 0 Å².